The van der Waals surface area contributed by atoms with E-state index in [1.165, 1.54) is 12.8 Å². The number of rotatable bonds is 4. The van der Waals surface area contributed by atoms with Gasteiger partial charge in [0.15, 0.2) is 0 Å². The normalized spacial score (nSPS) is 21.8. The molecular formula is C11H20O2. The molecule has 0 aromatic carbocycles. The van der Waals surface area contributed by atoms with Gasteiger partial charge in [-0.15, -0.1) is 0 Å². The highest BCUT2D eigenvalue weighted by atomic mass is 16.3. The zero-order valence-corrected chi connectivity index (χ0v) is 8.68. The van der Waals surface area contributed by atoms with Crippen molar-refractivity contribution in [1.29, 1.82) is 0 Å². The molecular weight excluding hydrogens is 164 g/mol. The van der Waals surface area contributed by atoms with Crippen molar-refractivity contribution in [1.82, 2.24) is 0 Å². The van der Waals surface area contributed by atoms with Crippen LogP contribution in [0.4, 0.5) is 0 Å². The highest BCUT2D eigenvalue weighted by molar-refractivity contribution is 5.59. The van der Waals surface area contributed by atoms with Crippen LogP contribution >= 0.6 is 0 Å². The Bertz CT molecular complexity index is 173. The van der Waals surface area contributed by atoms with Crippen molar-refractivity contribution in [2.45, 2.75) is 58.0 Å². The summed E-state index contributed by atoms with van der Waals surface area (Å²) in [5.41, 5.74) is -0.724. The van der Waals surface area contributed by atoms with Gasteiger partial charge in [-0.25, -0.2) is 0 Å². The molecule has 1 N–H and O–H groups in total. The standard InChI is InChI=1S/C11H20O2/c1-10(2,13)7-8-11(9-12)5-3-4-6-11/h9,13H,3-8H2,1-2H3. The molecule has 2 heteroatoms. The fraction of sp³-hybridized carbons (Fsp3) is 0.909. The molecule has 1 aliphatic rings. The van der Waals surface area contributed by atoms with Gasteiger partial charge in [-0.1, -0.05) is 12.8 Å². The third-order valence-corrected chi connectivity index (χ3v) is 3.08. The van der Waals surface area contributed by atoms with E-state index in [1.807, 2.05) is 0 Å². The van der Waals surface area contributed by atoms with Crippen molar-refractivity contribution in [3.63, 3.8) is 0 Å². The first-order chi connectivity index (χ1) is 5.97. The predicted octanol–water partition coefficient (Wildman–Crippen LogP) is 2.30. The summed E-state index contributed by atoms with van der Waals surface area (Å²) in [4.78, 5) is 11.0. The Kier molecular flexibility index (Phi) is 3.12. The summed E-state index contributed by atoms with van der Waals surface area (Å²) in [7, 11) is 0. The van der Waals surface area contributed by atoms with Gasteiger partial charge in [0.25, 0.3) is 0 Å². The van der Waals surface area contributed by atoms with Crippen molar-refractivity contribution in [3.8, 4) is 0 Å². The van der Waals surface area contributed by atoms with Crippen LogP contribution in [0.1, 0.15) is 52.4 Å². The predicted molar refractivity (Wildman–Crippen MR) is 52.5 cm³/mol. The summed E-state index contributed by atoms with van der Waals surface area (Å²) in [6.45, 7) is 3.61. The minimum absolute atomic E-state index is 0.0972. The van der Waals surface area contributed by atoms with Crippen molar-refractivity contribution >= 4 is 6.29 Å². The van der Waals surface area contributed by atoms with E-state index in [0.717, 1.165) is 32.0 Å². The van der Waals surface area contributed by atoms with Crippen LogP contribution in [0.5, 0.6) is 0 Å². The fourth-order valence-corrected chi connectivity index (χ4v) is 2.06. The lowest BCUT2D eigenvalue weighted by atomic mass is 9.80. The van der Waals surface area contributed by atoms with Gasteiger partial charge < -0.3 is 9.90 Å². The SMILES string of the molecule is CC(C)(O)CCC1(C=O)CCCC1. The van der Waals surface area contributed by atoms with Crippen LogP contribution < -0.4 is 0 Å². The second kappa shape index (κ2) is 3.79. The van der Waals surface area contributed by atoms with Gasteiger partial charge in [0, 0.05) is 5.41 Å². The Morgan fingerprint density at radius 3 is 2.31 bits per heavy atom. The van der Waals surface area contributed by atoms with Gasteiger partial charge in [-0.05, 0) is 39.5 Å². The molecule has 0 spiro atoms. The summed E-state index contributed by atoms with van der Waals surface area (Å²) >= 11 is 0. The Balaban J connectivity index is 2.45. The van der Waals surface area contributed by atoms with Crippen LogP contribution in [0.2, 0.25) is 0 Å². The third kappa shape index (κ3) is 3.11. The zero-order valence-electron chi connectivity index (χ0n) is 8.68. The maximum Gasteiger partial charge on any atom is 0.126 e. The molecule has 0 aromatic heterocycles. The summed E-state index contributed by atoms with van der Waals surface area (Å²) in [6.07, 6.45) is 7.08. The summed E-state index contributed by atoms with van der Waals surface area (Å²) in [5, 5.41) is 9.57. The van der Waals surface area contributed by atoms with E-state index in [-0.39, 0.29) is 5.41 Å². The Morgan fingerprint density at radius 1 is 1.38 bits per heavy atom. The van der Waals surface area contributed by atoms with E-state index in [2.05, 4.69) is 0 Å². The van der Waals surface area contributed by atoms with Gasteiger partial charge in [-0.2, -0.15) is 0 Å². The van der Waals surface area contributed by atoms with Crippen LogP contribution in [0, 0.1) is 5.41 Å². The lowest BCUT2D eigenvalue weighted by molar-refractivity contribution is -0.116. The monoisotopic (exact) mass is 184 g/mol. The van der Waals surface area contributed by atoms with E-state index in [9.17, 15) is 9.90 Å². The van der Waals surface area contributed by atoms with Gasteiger partial charge in [0.05, 0.1) is 5.60 Å². The summed E-state index contributed by atoms with van der Waals surface area (Å²) in [6, 6.07) is 0. The van der Waals surface area contributed by atoms with Crippen molar-refractivity contribution < 1.29 is 9.90 Å². The Labute approximate surface area is 80.3 Å². The smallest absolute Gasteiger partial charge is 0.126 e. The molecule has 0 aliphatic heterocycles. The first-order valence-corrected chi connectivity index (χ1v) is 5.16. The van der Waals surface area contributed by atoms with Gasteiger partial charge in [-0.3, -0.25) is 0 Å². The molecule has 0 amide bonds. The molecule has 0 unspecified atom stereocenters. The van der Waals surface area contributed by atoms with E-state index in [4.69, 9.17) is 0 Å². The number of aliphatic hydroxyl groups is 1. The molecule has 0 radical (unpaired) electrons. The van der Waals surface area contributed by atoms with Gasteiger partial charge in [0.2, 0.25) is 0 Å². The van der Waals surface area contributed by atoms with E-state index >= 15 is 0 Å². The second-order valence-electron chi connectivity index (χ2n) is 5.00. The fourth-order valence-electron chi connectivity index (χ4n) is 2.06. The average Bonchev–Trinajstić information content (AvgIpc) is 2.49. The zero-order chi connectivity index (χ0) is 9.95. The molecule has 76 valence electrons. The molecule has 1 rings (SSSR count). The molecule has 0 atom stereocenters. The van der Waals surface area contributed by atoms with Crippen LogP contribution in [0.15, 0.2) is 0 Å². The topological polar surface area (TPSA) is 37.3 Å². The lowest BCUT2D eigenvalue weighted by Crippen LogP contribution is -2.25. The maximum atomic E-state index is 11.0. The molecule has 0 aromatic rings. The van der Waals surface area contributed by atoms with Crippen molar-refractivity contribution in [2.24, 2.45) is 5.41 Å². The van der Waals surface area contributed by atoms with E-state index in [0.29, 0.717) is 0 Å². The van der Waals surface area contributed by atoms with Gasteiger partial charge >= 0.3 is 0 Å². The molecule has 2 nitrogen and oxygen atoms in total. The highest BCUT2D eigenvalue weighted by Gasteiger charge is 2.34. The largest absolute Gasteiger partial charge is 0.390 e. The molecule has 1 aliphatic carbocycles. The van der Waals surface area contributed by atoms with Crippen LogP contribution in [-0.4, -0.2) is 17.0 Å². The number of aldehydes is 1. The molecule has 0 heterocycles. The van der Waals surface area contributed by atoms with Crippen molar-refractivity contribution in [3.05, 3.63) is 0 Å². The minimum atomic E-state index is -0.626. The summed E-state index contributed by atoms with van der Waals surface area (Å²) < 4.78 is 0. The van der Waals surface area contributed by atoms with E-state index < -0.39 is 5.60 Å². The Hall–Kier alpha value is -0.370. The lowest BCUT2D eigenvalue weighted by Gasteiger charge is -2.26. The van der Waals surface area contributed by atoms with Gasteiger partial charge in [0.1, 0.15) is 6.29 Å². The quantitative estimate of drug-likeness (QED) is 0.681. The van der Waals surface area contributed by atoms with Crippen molar-refractivity contribution in [2.75, 3.05) is 0 Å². The summed E-state index contributed by atoms with van der Waals surface area (Å²) in [5.74, 6) is 0. The third-order valence-electron chi connectivity index (χ3n) is 3.08. The first-order valence-electron chi connectivity index (χ1n) is 5.16. The van der Waals surface area contributed by atoms with Crippen LogP contribution in [0.3, 0.4) is 0 Å². The second-order valence-corrected chi connectivity index (χ2v) is 5.00. The number of carbonyl (C=O) groups excluding carboxylic acids is 1. The molecule has 1 saturated carbocycles. The number of hydrogen-bond donors (Lipinski definition) is 1. The first kappa shape index (κ1) is 10.7. The highest BCUT2D eigenvalue weighted by Crippen LogP contribution is 2.41. The van der Waals surface area contributed by atoms with Crippen LogP contribution in [-0.2, 0) is 4.79 Å². The van der Waals surface area contributed by atoms with E-state index in [1.54, 1.807) is 13.8 Å². The number of carbonyl (C=O) groups is 1. The average molecular weight is 184 g/mol. The Morgan fingerprint density at radius 2 is 1.92 bits per heavy atom. The maximum absolute atomic E-state index is 11.0. The molecule has 1 fully saturated rings. The number of hydrogen-bond acceptors (Lipinski definition) is 2. The molecule has 0 saturated heterocycles. The molecule has 13 heavy (non-hydrogen) atoms. The molecule has 0 bridgehead atoms. The van der Waals surface area contributed by atoms with Crippen LogP contribution in [0.25, 0.3) is 0 Å². The minimum Gasteiger partial charge on any atom is -0.390 e.